The van der Waals surface area contributed by atoms with Gasteiger partial charge in [0.2, 0.25) is 0 Å². The largest absolute Gasteiger partial charge is 0.496 e. The van der Waals surface area contributed by atoms with E-state index in [1.54, 1.807) is 0 Å². The Hall–Kier alpha value is -2.03. The van der Waals surface area contributed by atoms with Gasteiger partial charge in [-0.25, -0.2) is 0 Å². The molecule has 1 saturated heterocycles. The topological polar surface area (TPSA) is 125 Å². The SMILES string of the molecule is COc1cc(N)c(Cl)cc1C(=O)NC1CCN(CCCCCC(=O)O)C(O)C1. The number of ether oxygens (including phenoxy) is 1. The summed E-state index contributed by atoms with van der Waals surface area (Å²) >= 11 is 6.02. The summed E-state index contributed by atoms with van der Waals surface area (Å²) in [5, 5.41) is 22.2. The zero-order valence-corrected chi connectivity index (χ0v) is 16.7. The monoisotopic (exact) mass is 413 g/mol. The Morgan fingerprint density at radius 2 is 2.11 bits per heavy atom. The van der Waals surface area contributed by atoms with E-state index in [9.17, 15) is 14.7 Å². The van der Waals surface area contributed by atoms with Crippen LogP contribution in [0.3, 0.4) is 0 Å². The molecule has 28 heavy (non-hydrogen) atoms. The fourth-order valence-corrected chi connectivity index (χ4v) is 3.49. The van der Waals surface area contributed by atoms with Crippen LogP contribution in [-0.2, 0) is 4.79 Å². The van der Waals surface area contributed by atoms with Crippen LogP contribution in [0.1, 0.15) is 48.9 Å². The summed E-state index contributed by atoms with van der Waals surface area (Å²) in [6.07, 6.45) is 2.96. The Bertz CT molecular complexity index is 700. The number of nitrogens with zero attached hydrogens (tertiary/aromatic N) is 1. The fraction of sp³-hybridized carbons (Fsp3) is 0.579. The van der Waals surface area contributed by atoms with Gasteiger partial charge in [0.15, 0.2) is 0 Å². The quantitative estimate of drug-likeness (QED) is 0.360. The van der Waals surface area contributed by atoms with Crippen LogP contribution in [-0.4, -0.2) is 59.5 Å². The number of nitrogens with two attached hydrogens (primary N) is 1. The number of hydrogen-bond donors (Lipinski definition) is 4. The molecule has 1 heterocycles. The van der Waals surface area contributed by atoms with Crippen molar-refractivity contribution in [2.75, 3.05) is 25.9 Å². The number of hydrogen-bond acceptors (Lipinski definition) is 6. The normalized spacial score (nSPS) is 20.0. The highest BCUT2D eigenvalue weighted by atomic mass is 35.5. The minimum absolute atomic E-state index is 0.160. The number of aliphatic hydroxyl groups excluding tert-OH is 1. The van der Waals surface area contributed by atoms with Gasteiger partial charge in [-0.3, -0.25) is 14.5 Å². The number of benzene rings is 1. The van der Waals surface area contributed by atoms with Crippen LogP contribution in [0.25, 0.3) is 0 Å². The van der Waals surface area contributed by atoms with E-state index < -0.39 is 12.2 Å². The summed E-state index contributed by atoms with van der Waals surface area (Å²) < 4.78 is 5.21. The van der Waals surface area contributed by atoms with Crippen molar-refractivity contribution in [2.45, 2.75) is 50.8 Å². The summed E-state index contributed by atoms with van der Waals surface area (Å²) in [6.45, 7) is 1.37. The first-order valence-corrected chi connectivity index (χ1v) is 9.77. The molecular weight excluding hydrogens is 386 g/mol. The second kappa shape index (κ2) is 10.5. The molecule has 0 radical (unpaired) electrons. The van der Waals surface area contributed by atoms with Gasteiger partial charge in [0.05, 0.1) is 23.4 Å². The van der Waals surface area contributed by atoms with Crippen LogP contribution in [0.15, 0.2) is 12.1 Å². The van der Waals surface area contributed by atoms with E-state index in [1.165, 1.54) is 19.2 Å². The van der Waals surface area contributed by atoms with Crippen LogP contribution in [0, 0.1) is 0 Å². The van der Waals surface area contributed by atoms with Crippen molar-refractivity contribution in [1.82, 2.24) is 10.2 Å². The minimum Gasteiger partial charge on any atom is -0.496 e. The van der Waals surface area contributed by atoms with Gasteiger partial charge in [-0.05, 0) is 25.3 Å². The molecule has 0 bridgehead atoms. The Balaban J connectivity index is 1.83. The van der Waals surface area contributed by atoms with E-state index >= 15 is 0 Å². The van der Waals surface area contributed by atoms with Crippen molar-refractivity contribution in [1.29, 1.82) is 0 Å². The average molecular weight is 414 g/mol. The third-order valence-electron chi connectivity index (χ3n) is 4.92. The summed E-state index contributed by atoms with van der Waals surface area (Å²) in [5.41, 5.74) is 6.38. The van der Waals surface area contributed by atoms with Crippen molar-refractivity contribution in [3.63, 3.8) is 0 Å². The zero-order valence-electron chi connectivity index (χ0n) is 16.0. The number of anilines is 1. The van der Waals surface area contributed by atoms with E-state index in [1.807, 2.05) is 4.90 Å². The number of rotatable bonds is 9. The van der Waals surface area contributed by atoms with Gasteiger partial charge >= 0.3 is 5.97 Å². The molecule has 8 nitrogen and oxygen atoms in total. The maximum absolute atomic E-state index is 12.6. The molecule has 1 aliphatic heterocycles. The number of unbranched alkanes of at least 4 members (excludes halogenated alkanes) is 2. The lowest BCUT2D eigenvalue weighted by molar-refractivity contribution is -0.137. The first-order valence-electron chi connectivity index (χ1n) is 9.39. The Labute approximate surface area is 169 Å². The van der Waals surface area contributed by atoms with Crippen LogP contribution in [0.5, 0.6) is 5.75 Å². The fourth-order valence-electron chi connectivity index (χ4n) is 3.33. The number of nitrogen functional groups attached to an aromatic ring is 1. The van der Waals surface area contributed by atoms with Crippen LogP contribution in [0.2, 0.25) is 5.02 Å². The van der Waals surface area contributed by atoms with E-state index in [0.29, 0.717) is 49.4 Å². The molecule has 1 amide bonds. The number of carbonyl (C=O) groups is 2. The van der Waals surface area contributed by atoms with Gasteiger partial charge in [0.1, 0.15) is 12.0 Å². The van der Waals surface area contributed by atoms with Crippen LogP contribution >= 0.6 is 11.6 Å². The minimum atomic E-state index is -0.782. The first-order chi connectivity index (χ1) is 13.3. The summed E-state index contributed by atoms with van der Waals surface area (Å²) in [5.74, 6) is -0.757. The smallest absolute Gasteiger partial charge is 0.303 e. The van der Waals surface area contributed by atoms with Gasteiger partial charge in [0, 0.05) is 38.0 Å². The Kier molecular flexibility index (Phi) is 8.35. The number of piperidine rings is 1. The predicted molar refractivity (Wildman–Crippen MR) is 107 cm³/mol. The lowest BCUT2D eigenvalue weighted by Gasteiger charge is -2.36. The molecule has 1 aliphatic rings. The molecule has 156 valence electrons. The molecule has 0 saturated carbocycles. The molecule has 2 atom stereocenters. The zero-order chi connectivity index (χ0) is 20.7. The molecule has 5 N–H and O–H groups in total. The van der Waals surface area contributed by atoms with E-state index in [-0.39, 0.29) is 23.4 Å². The number of aliphatic carboxylic acids is 1. The molecule has 1 aromatic rings. The molecule has 9 heteroatoms. The highest BCUT2D eigenvalue weighted by Crippen LogP contribution is 2.29. The third-order valence-corrected chi connectivity index (χ3v) is 5.24. The number of nitrogens with one attached hydrogen (secondary N) is 1. The summed E-state index contributed by atoms with van der Waals surface area (Å²) in [4.78, 5) is 25.1. The first kappa shape index (κ1) is 22.3. The number of amides is 1. The van der Waals surface area contributed by atoms with E-state index in [4.69, 9.17) is 27.2 Å². The van der Waals surface area contributed by atoms with Gasteiger partial charge in [-0.2, -0.15) is 0 Å². The van der Waals surface area contributed by atoms with Crippen molar-refractivity contribution in [3.05, 3.63) is 22.7 Å². The highest BCUT2D eigenvalue weighted by Gasteiger charge is 2.28. The van der Waals surface area contributed by atoms with Crippen LogP contribution < -0.4 is 15.8 Å². The van der Waals surface area contributed by atoms with Crippen molar-refractivity contribution in [2.24, 2.45) is 0 Å². The maximum atomic E-state index is 12.6. The molecule has 2 rings (SSSR count). The molecule has 2 unspecified atom stereocenters. The average Bonchev–Trinajstić information content (AvgIpc) is 2.64. The number of methoxy groups -OCH3 is 1. The maximum Gasteiger partial charge on any atom is 0.303 e. The standard InChI is InChI=1S/C19H28ClN3O5/c1-28-16-11-15(21)14(20)10-13(16)19(27)22-12-6-8-23(17(24)9-12)7-4-2-3-5-18(25)26/h10-12,17,24H,2-9,21H2,1H3,(H,22,27)(H,25,26). The van der Waals surface area contributed by atoms with Crippen molar-refractivity contribution in [3.8, 4) is 5.75 Å². The molecule has 0 spiro atoms. The number of likely N-dealkylation sites (tertiary alicyclic amines) is 1. The third kappa shape index (κ3) is 6.25. The van der Waals surface area contributed by atoms with Gasteiger partial charge in [0.25, 0.3) is 5.91 Å². The van der Waals surface area contributed by atoms with Crippen molar-refractivity contribution < 1.29 is 24.5 Å². The van der Waals surface area contributed by atoms with Crippen LogP contribution in [0.4, 0.5) is 5.69 Å². The lowest BCUT2D eigenvalue weighted by atomic mass is 10.0. The number of carboxylic acids is 1. The van der Waals surface area contributed by atoms with Gasteiger partial charge < -0.3 is 26.0 Å². The Morgan fingerprint density at radius 1 is 1.36 bits per heavy atom. The lowest BCUT2D eigenvalue weighted by Crippen LogP contribution is -2.50. The number of aliphatic hydroxyl groups is 1. The van der Waals surface area contributed by atoms with E-state index in [2.05, 4.69) is 5.32 Å². The second-order valence-electron chi connectivity index (χ2n) is 6.99. The summed E-state index contributed by atoms with van der Waals surface area (Å²) in [7, 11) is 1.46. The molecule has 1 aromatic carbocycles. The molecule has 0 aromatic heterocycles. The molecular formula is C19H28ClN3O5. The number of halogens is 1. The second-order valence-corrected chi connectivity index (χ2v) is 7.40. The predicted octanol–water partition coefficient (Wildman–Crippen LogP) is 2.09. The van der Waals surface area contributed by atoms with Gasteiger partial charge in [-0.1, -0.05) is 18.0 Å². The van der Waals surface area contributed by atoms with Gasteiger partial charge in [-0.15, -0.1) is 0 Å². The number of carboxylic acid groups (broad SMARTS) is 1. The van der Waals surface area contributed by atoms with E-state index in [0.717, 1.165) is 12.8 Å². The molecule has 0 aliphatic carbocycles. The molecule has 1 fully saturated rings. The highest BCUT2D eigenvalue weighted by molar-refractivity contribution is 6.33. The summed E-state index contributed by atoms with van der Waals surface area (Å²) in [6, 6.07) is 2.83. The van der Waals surface area contributed by atoms with Crippen molar-refractivity contribution >= 4 is 29.2 Å². The number of carbonyl (C=O) groups excluding carboxylic acids is 1. The Morgan fingerprint density at radius 3 is 2.75 bits per heavy atom.